The van der Waals surface area contributed by atoms with E-state index >= 15 is 0 Å². The van der Waals surface area contributed by atoms with E-state index in [1.807, 2.05) is 24.3 Å². The first-order chi connectivity index (χ1) is 4.83. The lowest BCUT2D eigenvalue weighted by Crippen LogP contribution is -1.92. The summed E-state index contributed by atoms with van der Waals surface area (Å²) in [6.07, 6.45) is 0.820. The summed E-state index contributed by atoms with van der Waals surface area (Å²) in [5.41, 5.74) is 14.4. The average Bonchev–Trinajstić information content (AvgIpc) is 1.95. The van der Waals surface area contributed by atoms with E-state index in [9.17, 15) is 0 Å². The Bertz CT molecular complexity index is 191. The summed E-state index contributed by atoms with van der Waals surface area (Å²) in [6, 6.07) is 7.66. The monoisotopic (exact) mass is 135 g/mol. The fourth-order valence-electron chi connectivity index (χ4n) is 0.829. The second-order valence-corrected chi connectivity index (χ2v) is 2.24. The van der Waals surface area contributed by atoms with Gasteiger partial charge in [-0.25, -0.2) is 0 Å². The Morgan fingerprint density at radius 1 is 1.20 bits per heavy atom. The van der Waals surface area contributed by atoms with E-state index in [0.717, 1.165) is 12.1 Å². The number of benzene rings is 1. The largest absolute Gasteiger partial charge is 0.399 e. The summed E-state index contributed by atoms with van der Waals surface area (Å²) in [7, 11) is 0. The van der Waals surface area contributed by atoms with Gasteiger partial charge >= 0.3 is 0 Å². The molecule has 2 heteroatoms. The SMILES string of the molecule is [NH]CCc1ccc(N)cc1. The number of nitrogens with one attached hydrogen (secondary N) is 1. The van der Waals surface area contributed by atoms with Crippen LogP contribution in [0.1, 0.15) is 5.56 Å². The molecule has 0 aliphatic carbocycles. The molecule has 1 aromatic carbocycles. The predicted octanol–water partition coefficient (Wildman–Crippen LogP) is 1.09. The van der Waals surface area contributed by atoms with Gasteiger partial charge in [-0.15, -0.1) is 0 Å². The molecule has 1 rings (SSSR count). The molecule has 0 bridgehead atoms. The van der Waals surface area contributed by atoms with Crippen molar-refractivity contribution in [3.05, 3.63) is 29.8 Å². The summed E-state index contributed by atoms with van der Waals surface area (Å²) in [6.45, 7) is 0.448. The van der Waals surface area contributed by atoms with Crippen LogP contribution in [0.3, 0.4) is 0 Å². The van der Waals surface area contributed by atoms with Crippen LogP contribution in [-0.2, 0) is 6.42 Å². The number of nitrogen functional groups attached to an aromatic ring is 1. The van der Waals surface area contributed by atoms with E-state index in [1.54, 1.807) is 0 Å². The van der Waals surface area contributed by atoms with Crippen molar-refractivity contribution >= 4 is 5.69 Å². The van der Waals surface area contributed by atoms with Crippen LogP contribution in [0.5, 0.6) is 0 Å². The molecule has 0 atom stereocenters. The van der Waals surface area contributed by atoms with Crippen LogP contribution in [-0.4, -0.2) is 6.54 Å². The molecule has 3 N–H and O–H groups in total. The standard InChI is InChI=1S/C8H11N2/c9-6-5-7-1-3-8(10)4-2-7/h1-4,9H,5-6,10H2. The molecule has 0 unspecified atom stereocenters. The van der Waals surface area contributed by atoms with Gasteiger partial charge in [-0.2, -0.15) is 0 Å². The molecule has 0 heterocycles. The second-order valence-electron chi connectivity index (χ2n) is 2.24. The molecule has 2 nitrogen and oxygen atoms in total. The Morgan fingerprint density at radius 3 is 2.30 bits per heavy atom. The second kappa shape index (κ2) is 3.22. The quantitative estimate of drug-likeness (QED) is 0.606. The van der Waals surface area contributed by atoms with Gasteiger partial charge in [0.25, 0.3) is 0 Å². The van der Waals surface area contributed by atoms with E-state index in [0.29, 0.717) is 6.54 Å². The molecular weight excluding hydrogens is 124 g/mol. The molecule has 0 amide bonds. The number of rotatable bonds is 2. The topological polar surface area (TPSA) is 49.8 Å². The lowest BCUT2D eigenvalue weighted by Gasteiger charge is -1.96. The Morgan fingerprint density at radius 2 is 1.80 bits per heavy atom. The Balaban J connectivity index is 2.69. The van der Waals surface area contributed by atoms with E-state index in [1.165, 1.54) is 5.56 Å². The lowest BCUT2D eigenvalue weighted by molar-refractivity contribution is 0.942. The summed E-state index contributed by atoms with van der Waals surface area (Å²) in [5.74, 6) is 0. The summed E-state index contributed by atoms with van der Waals surface area (Å²) in [4.78, 5) is 0. The van der Waals surface area contributed by atoms with Gasteiger partial charge in [-0.1, -0.05) is 12.1 Å². The summed E-state index contributed by atoms with van der Waals surface area (Å²) >= 11 is 0. The maximum atomic E-state index is 6.96. The Kier molecular flexibility index (Phi) is 2.29. The van der Waals surface area contributed by atoms with Crippen molar-refractivity contribution in [1.29, 1.82) is 0 Å². The van der Waals surface area contributed by atoms with Gasteiger partial charge in [-0.3, -0.25) is 5.73 Å². The van der Waals surface area contributed by atoms with Crippen LogP contribution in [0.4, 0.5) is 5.69 Å². The molecule has 1 radical (unpaired) electrons. The zero-order valence-corrected chi connectivity index (χ0v) is 5.80. The molecular formula is C8H11N2. The smallest absolute Gasteiger partial charge is 0.0314 e. The zero-order chi connectivity index (χ0) is 7.40. The van der Waals surface area contributed by atoms with Crippen molar-refractivity contribution in [3.63, 3.8) is 0 Å². The fraction of sp³-hybridized carbons (Fsp3) is 0.250. The van der Waals surface area contributed by atoms with Crippen molar-refractivity contribution in [1.82, 2.24) is 5.73 Å². The molecule has 0 aliphatic rings. The lowest BCUT2D eigenvalue weighted by atomic mass is 10.1. The molecule has 0 saturated heterocycles. The highest BCUT2D eigenvalue weighted by molar-refractivity contribution is 5.39. The van der Waals surface area contributed by atoms with Gasteiger partial charge in [0, 0.05) is 12.2 Å². The van der Waals surface area contributed by atoms with Crippen molar-refractivity contribution in [2.24, 2.45) is 0 Å². The summed E-state index contributed by atoms with van der Waals surface area (Å²) in [5, 5.41) is 0. The first-order valence-corrected chi connectivity index (χ1v) is 3.32. The van der Waals surface area contributed by atoms with Crippen LogP contribution in [0, 0.1) is 0 Å². The van der Waals surface area contributed by atoms with Gasteiger partial charge in [0.15, 0.2) is 0 Å². The van der Waals surface area contributed by atoms with Crippen molar-refractivity contribution in [3.8, 4) is 0 Å². The van der Waals surface area contributed by atoms with Crippen molar-refractivity contribution in [2.45, 2.75) is 6.42 Å². The number of hydrogen-bond donors (Lipinski definition) is 1. The highest BCUT2D eigenvalue weighted by Gasteiger charge is 1.88. The van der Waals surface area contributed by atoms with Crippen molar-refractivity contribution in [2.75, 3.05) is 12.3 Å². The third-order valence-electron chi connectivity index (χ3n) is 1.39. The predicted molar refractivity (Wildman–Crippen MR) is 42.5 cm³/mol. The normalized spacial score (nSPS) is 9.70. The van der Waals surface area contributed by atoms with Gasteiger partial charge in [0.2, 0.25) is 0 Å². The van der Waals surface area contributed by atoms with Gasteiger partial charge in [0.05, 0.1) is 0 Å². The van der Waals surface area contributed by atoms with E-state index in [4.69, 9.17) is 11.5 Å². The summed E-state index contributed by atoms with van der Waals surface area (Å²) < 4.78 is 0. The van der Waals surface area contributed by atoms with Crippen LogP contribution < -0.4 is 11.5 Å². The minimum absolute atomic E-state index is 0.448. The number of anilines is 1. The molecule has 0 fully saturated rings. The number of hydrogen-bond acceptors (Lipinski definition) is 1. The fourth-order valence-corrected chi connectivity index (χ4v) is 0.829. The van der Waals surface area contributed by atoms with Crippen LogP contribution >= 0.6 is 0 Å². The highest BCUT2D eigenvalue weighted by atomic mass is 14.5. The Hall–Kier alpha value is -1.02. The van der Waals surface area contributed by atoms with Crippen LogP contribution in [0.2, 0.25) is 0 Å². The Labute approximate surface area is 60.8 Å². The van der Waals surface area contributed by atoms with E-state index in [2.05, 4.69) is 0 Å². The van der Waals surface area contributed by atoms with Gasteiger partial charge in [0.1, 0.15) is 0 Å². The van der Waals surface area contributed by atoms with Crippen LogP contribution in [0.15, 0.2) is 24.3 Å². The third-order valence-corrected chi connectivity index (χ3v) is 1.39. The molecule has 1 aromatic rings. The molecule has 0 aliphatic heterocycles. The maximum absolute atomic E-state index is 6.96. The first-order valence-electron chi connectivity index (χ1n) is 3.32. The maximum Gasteiger partial charge on any atom is 0.0314 e. The average molecular weight is 135 g/mol. The third kappa shape index (κ3) is 1.74. The molecule has 53 valence electrons. The molecule has 0 saturated carbocycles. The number of nitrogens with two attached hydrogens (primary N) is 1. The first kappa shape index (κ1) is 7.09. The van der Waals surface area contributed by atoms with Gasteiger partial charge < -0.3 is 5.73 Å². The molecule has 0 spiro atoms. The van der Waals surface area contributed by atoms with Crippen molar-refractivity contribution < 1.29 is 0 Å². The zero-order valence-electron chi connectivity index (χ0n) is 5.80. The van der Waals surface area contributed by atoms with E-state index < -0.39 is 0 Å². The molecule has 10 heavy (non-hydrogen) atoms. The minimum Gasteiger partial charge on any atom is -0.399 e. The van der Waals surface area contributed by atoms with E-state index in [-0.39, 0.29) is 0 Å². The minimum atomic E-state index is 0.448. The van der Waals surface area contributed by atoms with Gasteiger partial charge in [-0.05, 0) is 24.1 Å². The highest BCUT2D eigenvalue weighted by Crippen LogP contribution is 2.04. The molecule has 0 aromatic heterocycles. The van der Waals surface area contributed by atoms with Crippen LogP contribution in [0.25, 0.3) is 0 Å².